The van der Waals surface area contributed by atoms with Crippen molar-refractivity contribution >= 4 is 6.09 Å². The molecule has 2 atom stereocenters. The van der Waals surface area contributed by atoms with Crippen molar-refractivity contribution in [3.05, 3.63) is 12.2 Å². The van der Waals surface area contributed by atoms with E-state index in [1.807, 2.05) is 0 Å². The van der Waals surface area contributed by atoms with Crippen molar-refractivity contribution in [3.8, 4) is 0 Å². The van der Waals surface area contributed by atoms with Gasteiger partial charge in [-0.3, -0.25) is 4.90 Å². The van der Waals surface area contributed by atoms with Gasteiger partial charge in [-0.2, -0.15) is 0 Å². The van der Waals surface area contributed by atoms with Gasteiger partial charge < -0.3 is 14.9 Å². The Kier molecular flexibility index (Phi) is 3.93. The first-order chi connectivity index (χ1) is 7.39. The zero-order valence-corrected chi connectivity index (χ0v) is 9.88. The Balaban J connectivity index is 2.72. The Hall–Kier alpha value is -1.07. The number of ether oxygens (including phenoxy) is 1. The number of carbonyl (C=O) groups is 1. The van der Waals surface area contributed by atoms with Gasteiger partial charge in [0.25, 0.3) is 0 Å². The van der Waals surface area contributed by atoms with E-state index in [1.165, 1.54) is 4.90 Å². The summed E-state index contributed by atoms with van der Waals surface area (Å²) in [5.74, 6) is 0. The zero-order valence-electron chi connectivity index (χ0n) is 9.88. The van der Waals surface area contributed by atoms with E-state index in [4.69, 9.17) is 14.9 Å². The number of hydrogen-bond acceptors (Lipinski definition) is 4. The van der Waals surface area contributed by atoms with E-state index in [1.54, 1.807) is 32.9 Å². The maximum absolute atomic E-state index is 11.8. The van der Waals surface area contributed by atoms with E-state index in [2.05, 4.69) is 0 Å². The molecule has 1 aliphatic heterocycles. The number of aliphatic hydroxyl groups excluding tert-OH is 2. The molecular weight excluding hydrogens is 210 g/mol. The molecule has 1 heterocycles. The van der Waals surface area contributed by atoms with Gasteiger partial charge in [0.1, 0.15) is 5.60 Å². The minimum atomic E-state index is -0.584. The standard InChI is InChI=1S/C11H19NO4/c1-11(2,3)16-10(15)12-8(6-13)4-5-9(12)7-14/h4-5,8-9,13-14H,6-7H2,1-3H3/t8-,9+. The second-order valence-corrected chi connectivity index (χ2v) is 4.77. The number of hydrogen-bond donors (Lipinski definition) is 2. The molecule has 0 aliphatic carbocycles. The van der Waals surface area contributed by atoms with Gasteiger partial charge in [-0.05, 0) is 20.8 Å². The quantitative estimate of drug-likeness (QED) is 0.677. The lowest BCUT2D eigenvalue weighted by Gasteiger charge is -2.31. The third kappa shape index (κ3) is 2.96. The molecule has 0 aromatic heterocycles. The van der Waals surface area contributed by atoms with Crippen LogP contribution in [-0.2, 0) is 4.74 Å². The second-order valence-electron chi connectivity index (χ2n) is 4.77. The fourth-order valence-corrected chi connectivity index (χ4v) is 1.57. The van der Waals surface area contributed by atoms with E-state index in [-0.39, 0.29) is 13.2 Å². The smallest absolute Gasteiger partial charge is 0.411 e. The van der Waals surface area contributed by atoms with Crippen LogP contribution in [0.15, 0.2) is 12.2 Å². The molecule has 5 heteroatoms. The zero-order chi connectivity index (χ0) is 12.3. The lowest BCUT2D eigenvalue weighted by Crippen LogP contribution is -2.47. The molecule has 0 unspecified atom stereocenters. The van der Waals surface area contributed by atoms with Crippen molar-refractivity contribution in [1.29, 1.82) is 0 Å². The Labute approximate surface area is 95.3 Å². The van der Waals surface area contributed by atoms with Gasteiger partial charge in [0.15, 0.2) is 0 Å². The van der Waals surface area contributed by atoms with E-state index < -0.39 is 23.8 Å². The number of amides is 1. The van der Waals surface area contributed by atoms with Crippen LogP contribution in [0.3, 0.4) is 0 Å². The summed E-state index contributed by atoms with van der Waals surface area (Å²) in [6, 6.07) is -0.820. The molecule has 1 rings (SSSR count). The molecule has 1 aliphatic rings. The summed E-state index contributed by atoms with van der Waals surface area (Å²) in [5, 5.41) is 18.2. The first kappa shape index (κ1) is 13.0. The van der Waals surface area contributed by atoms with Gasteiger partial charge >= 0.3 is 6.09 Å². The highest BCUT2D eigenvalue weighted by atomic mass is 16.6. The van der Waals surface area contributed by atoms with Gasteiger partial charge in [0.05, 0.1) is 25.3 Å². The predicted octanol–water partition coefficient (Wildman–Crippen LogP) is 0.515. The van der Waals surface area contributed by atoms with Gasteiger partial charge in [-0.25, -0.2) is 4.79 Å². The van der Waals surface area contributed by atoms with Crippen LogP contribution in [0.4, 0.5) is 4.79 Å². The van der Waals surface area contributed by atoms with E-state index in [0.717, 1.165) is 0 Å². The molecule has 0 aromatic rings. The summed E-state index contributed by atoms with van der Waals surface area (Å²) in [6.45, 7) is 4.97. The van der Waals surface area contributed by atoms with Crippen LogP contribution in [0.2, 0.25) is 0 Å². The Morgan fingerprint density at radius 2 is 1.69 bits per heavy atom. The first-order valence-corrected chi connectivity index (χ1v) is 5.30. The van der Waals surface area contributed by atoms with Crippen molar-refractivity contribution < 1.29 is 19.7 Å². The van der Waals surface area contributed by atoms with Crippen LogP contribution in [-0.4, -0.2) is 52.1 Å². The molecule has 1 amide bonds. The Morgan fingerprint density at radius 1 is 1.25 bits per heavy atom. The molecule has 16 heavy (non-hydrogen) atoms. The molecule has 0 fully saturated rings. The summed E-state index contributed by atoms with van der Waals surface area (Å²) in [4.78, 5) is 13.2. The minimum Gasteiger partial charge on any atom is -0.444 e. The largest absolute Gasteiger partial charge is 0.444 e. The van der Waals surface area contributed by atoms with Crippen LogP contribution in [0.5, 0.6) is 0 Å². The van der Waals surface area contributed by atoms with E-state index in [0.29, 0.717) is 0 Å². The highest BCUT2D eigenvalue weighted by molar-refractivity contribution is 5.70. The summed E-state index contributed by atoms with van der Waals surface area (Å²) in [6.07, 6.45) is 2.88. The molecule has 0 radical (unpaired) electrons. The molecule has 0 saturated heterocycles. The summed E-state index contributed by atoms with van der Waals surface area (Å²) in [5.41, 5.74) is -0.584. The first-order valence-electron chi connectivity index (χ1n) is 5.30. The summed E-state index contributed by atoms with van der Waals surface area (Å²) >= 11 is 0. The van der Waals surface area contributed by atoms with Gasteiger partial charge in [0, 0.05) is 0 Å². The average Bonchev–Trinajstić information content (AvgIpc) is 2.57. The number of aliphatic hydroxyl groups is 2. The normalized spacial score (nSPS) is 24.9. The fourth-order valence-electron chi connectivity index (χ4n) is 1.57. The lowest BCUT2D eigenvalue weighted by molar-refractivity contribution is 0.00634. The molecule has 0 saturated carbocycles. The summed E-state index contributed by atoms with van der Waals surface area (Å²) < 4.78 is 5.21. The van der Waals surface area contributed by atoms with Crippen LogP contribution in [0.1, 0.15) is 20.8 Å². The fraction of sp³-hybridized carbons (Fsp3) is 0.727. The maximum atomic E-state index is 11.8. The van der Waals surface area contributed by atoms with Gasteiger partial charge in [-0.1, -0.05) is 12.2 Å². The van der Waals surface area contributed by atoms with Crippen molar-refractivity contribution in [2.45, 2.75) is 38.5 Å². The van der Waals surface area contributed by atoms with Gasteiger partial charge in [-0.15, -0.1) is 0 Å². The molecule has 92 valence electrons. The Bertz CT molecular complexity index is 268. The molecule has 0 spiro atoms. The monoisotopic (exact) mass is 229 g/mol. The topological polar surface area (TPSA) is 70.0 Å². The van der Waals surface area contributed by atoms with Crippen molar-refractivity contribution in [3.63, 3.8) is 0 Å². The highest BCUT2D eigenvalue weighted by Gasteiger charge is 2.34. The predicted molar refractivity (Wildman–Crippen MR) is 59.0 cm³/mol. The van der Waals surface area contributed by atoms with Gasteiger partial charge in [0.2, 0.25) is 0 Å². The molecule has 0 aromatic carbocycles. The summed E-state index contributed by atoms with van der Waals surface area (Å²) in [7, 11) is 0. The number of carbonyl (C=O) groups excluding carboxylic acids is 1. The SMILES string of the molecule is CC(C)(C)OC(=O)N1[C@@H](CO)C=C[C@H]1CO. The maximum Gasteiger partial charge on any atom is 0.411 e. The van der Waals surface area contributed by atoms with Crippen molar-refractivity contribution in [2.75, 3.05) is 13.2 Å². The molecule has 0 bridgehead atoms. The number of nitrogens with zero attached hydrogens (tertiary/aromatic N) is 1. The third-order valence-corrected chi connectivity index (χ3v) is 2.25. The number of rotatable bonds is 2. The average molecular weight is 229 g/mol. The van der Waals surface area contributed by atoms with Crippen LogP contribution < -0.4 is 0 Å². The molecule has 2 N–H and O–H groups in total. The second kappa shape index (κ2) is 4.84. The van der Waals surface area contributed by atoms with E-state index in [9.17, 15) is 4.79 Å². The van der Waals surface area contributed by atoms with Crippen LogP contribution >= 0.6 is 0 Å². The Morgan fingerprint density at radius 3 is 2.00 bits per heavy atom. The lowest BCUT2D eigenvalue weighted by atomic mass is 10.2. The third-order valence-electron chi connectivity index (χ3n) is 2.25. The highest BCUT2D eigenvalue weighted by Crippen LogP contribution is 2.20. The van der Waals surface area contributed by atoms with E-state index >= 15 is 0 Å². The minimum absolute atomic E-state index is 0.174. The van der Waals surface area contributed by atoms with Crippen LogP contribution in [0, 0.1) is 0 Å². The van der Waals surface area contributed by atoms with Crippen molar-refractivity contribution in [1.82, 2.24) is 4.90 Å². The molecule has 5 nitrogen and oxygen atoms in total. The van der Waals surface area contributed by atoms with Crippen molar-refractivity contribution in [2.24, 2.45) is 0 Å². The molecular formula is C11H19NO4. The van der Waals surface area contributed by atoms with Crippen LogP contribution in [0.25, 0.3) is 0 Å².